The molecule has 0 atom stereocenters. The van der Waals surface area contributed by atoms with Gasteiger partial charge in [0.2, 0.25) is 11.9 Å². The first-order valence-electron chi connectivity index (χ1n) is 9.57. The highest BCUT2D eigenvalue weighted by Crippen LogP contribution is 2.40. The van der Waals surface area contributed by atoms with Gasteiger partial charge < -0.3 is 24.8 Å². The molecule has 0 aliphatic carbocycles. The van der Waals surface area contributed by atoms with Gasteiger partial charge in [-0.25, -0.2) is 9.97 Å². The Labute approximate surface area is 200 Å². The van der Waals surface area contributed by atoms with Gasteiger partial charge in [-0.3, -0.25) is 9.78 Å². The third-order valence-corrected chi connectivity index (χ3v) is 5.33. The Bertz CT molecular complexity index is 1140. The molecule has 2 heterocycles. The number of amides is 1. The highest BCUT2D eigenvalue weighted by atomic mass is 35.5. The molecular weight excluding hydrogens is 469 g/mol. The molecule has 0 aliphatic rings. The van der Waals surface area contributed by atoms with Gasteiger partial charge in [0.05, 0.1) is 53.7 Å². The van der Waals surface area contributed by atoms with E-state index >= 15 is 0 Å². The fraction of sp³-hybridized carbons (Fsp3) is 0.182. The molecule has 0 saturated heterocycles. The molecule has 0 radical (unpaired) electrons. The van der Waals surface area contributed by atoms with E-state index in [-0.39, 0.29) is 18.5 Å². The molecule has 0 bridgehead atoms. The minimum Gasteiger partial charge on any atom is -0.495 e. The molecule has 33 heavy (non-hydrogen) atoms. The van der Waals surface area contributed by atoms with Crippen LogP contribution >= 0.6 is 23.2 Å². The molecule has 172 valence electrons. The van der Waals surface area contributed by atoms with Crippen LogP contribution < -0.4 is 24.8 Å². The lowest BCUT2D eigenvalue weighted by molar-refractivity contribution is -0.111. The summed E-state index contributed by atoms with van der Waals surface area (Å²) in [6, 6.07) is 3.26. The van der Waals surface area contributed by atoms with Gasteiger partial charge in [0.15, 0.2) is 5.75 Å². The second-order valence-electron chi connectivity index (χ2n) is 6.56. The lowest BCUT2D eigenvalue weighted by Crippen LogP contribution is -2.11. The maximum atomic E-state index is 11.7. The van der Waals surface area contributed by atoms with Crippen LogP contribution in [0, 0.1) is 6.92 Å². The zero-order valence-electron chi connectivity index (χ0n) is 18.1. The zero-order chi connectivity index (χ0) is 24.0. The van der Waals surface area contributed by atoms with E-state index in [0.29, 0.717) is 49.9 Å². The molecule has 0 fully saturated rings. The van der Waals surface area contributed by atoms with Crippen LogP contribution in [0.4, 0.5) is 17.3 Å². The highest BCUT2D eigenvalue weighted by Gasteiger charge is 2.18. The first-order chi connectivity index (χ1) is 15.9. The van der Waals surface area contributed by atoms with E-state index in [4.69, 9.17) is 37.4 Å². The van der Waals surface area contributed by atoms with E-state index in [2.05, 4.69) is 32.2 Å². The number of carbonyl (C=O) groups is 1. The molecule has 0 spiro atoms. The second kappa shape index (κ2) is 10.8. The van der Waals surface area contributed by atoms with E-state index in [1.807, 2.05) is 0 Å². The lowest BCUT2D eigenvalue weighted by atomic mass is 10.2. The molecule has 1 aromatic carbocycles. The number of nitrogens with zero attached hydrogens (tertiary/aromatic N) is 3. The van der Waals surface area contributed by atoms with Crippen molar-refractivity contribution in [3.05, 3.63) is 64.7 Å². The van der Waals surface area contributed by atoms with E-state index in [9.17, 15) is 4.79 Å². The summed E-state index contributed by atoms with van der Waals surface area (Å²) in [4.78, 5) is 24.4. The average molecular weight is 490 g/mol. The van der Waals surface area contributed by atoms with Gasteiger partial charge in [0.25, 0.3) is 0 Å². The van der Waals surface area contributed by atoms with Crippen molar-refractivity contribution in [2.24, 2.45) is 0 Å². The molecule has 1 amide bonds. The van der Waals surface area contributed by atoms with Gasteiger partial charge in [-0.2, -0.15) is 0 Å². The molecule has 9 nitrogen and oxygen atoms in total. The maximum Gasteiger partial charge on any atom is 0.247 e. The van der Waals surface area contributed by atoms with E-state index in [1.165, 1.54) is 32.7 Å². The fourth-order valence-corrected chi connectivity index (χ4v) is 3.41. The van der Waals surface area contributed by atoms with Crippen molar-refractivity contribution in [3.63, 3.8) is 0 Å². The number of methoxy groups -OCH3 is 2. The Balaban J connectivity index is 1.76. The monoisotopic (exact) mass is 489 g/mol. The van der Waals surface area contributed by atoms with Crippen LogP contribution in [0.15, 0.2) is 43.4 Å². The summed E-state index contributed by atoms with van der Waals surface area (Å²) in [5, 5.41) is 6.42. The molecule has 0 saturated carbocycles. The molecule has 3 rings (SSSR count). The molecule has 2 aromatic heterocycles. The predicted octanol–water partition coefficient (Wildman–Crippen LogP) is 4.95. The van der Waals surface area contributed by atoms with Crippen LogP contribution in [0.5, 0.6) is 17.2 Å². The summed E-state index contributed by atoms with van der Waals surface area (Å²) in [5.41, 5.74) is 2.23. The number of ether oxygens (including phenoxy) is 3. The van der Waals surface area contributed by atoms with Gasteiger partial charge in [-0.1, -0.05) is 29.8 Å². The lowest BCUT2D eigenvalue weighted by Gasteiger charge is -2.15. The Morgan fingerprint density at radius 2 is 1.76 bits per heavy atom. The smallest absolute Gasteiger partial charge is 0.247 e. The Morgan fingerprint density at radius 1 is 1.12 bits per heavy atom. The number of rotatable bonds is 9. The summed E-state index contributed by atoms with van der Waals surface area (Å²) < 4.78 is 16.3. The minimum absolute atomic E-state index is 0.0425. The first-order valence-corrected chi connectivity index (χ1v) is 10.3. The van der Waals surface area contributed by atoms with Gasteiger partial charge >= 0.3 is 0 Å². The number of pyridine rings is 1. The minimum atomic E-state index is -0.347. The number of nitrogens with one attached hydrogen (secondary N) is 2. The van der Waals surface area contributed by atoms with Crippen molar-refractivity contribution < 1.29 is 19.0 Å². The Hall–Kier alpha value is -3.56. The van der Waals surface area contributed by atoms with Crippen LogP contribution in [0.1, 0.15) is 11.3 Å². The van der Waals surface area contributed by atoms with Crippen LogP contribution in [-0.2, 0) is 11.4 Å². The van der Waals surface area contributed by atoms with Crippen molar-refractivity contribution in [3.8, 4) is 17.2 Å². The molecular formula is C22H21Cl2N5O4. The van der Waals surface area contributed by atoms with Crippen molar-refractivity contribution in [2.45, 2.75) is 13.5 Å². The zero-order valence-corrected chi connectivity index (χ0v) is 19.6. The number of benzene rings is 1. The molecule has 2 N–H and O–H groups in total. The van der Waals surface area contributed by atoms with E-state index in [1.54, 1.807) is 25.3 Å². The van der Waals surface area contributed by atoms with Crippen molar-refractivity contribution in [2.75, 3.05) is 24.9 Å². The summed E-state index contributed by atoms with van der Waals surface area (Å²) in [7, 11) is 2.99. The highest BCUT2D eigenvalue weighted by molar-refractivity contribution is 6.37. The average Bonchev–Trinajstić information content (AvgIpc) is 2.82. The SMILES string of the molecule is C=CC(=O)Nc1ccnc(C)c1Nc1ncc(OCc2c(Cl)c(OC)cc(OC)c2Cl)cn1. The number of anilines is 3. The van der Waals surface area contributed by atoms with Crippen LogP contribution in [0.3, 0.4) is 0 Å². The first kappa shape index (κ1) is 24.1. The number of aromatic nitrogens is 3. The van der Waals surface area contributed by atoms with Crippen molar-refractivity contribution in [1.29, 1.82) is 0 Å². The summed E-state index contributed by atoms with van der Waals surface area (Å²) >= 11 is 12.7. The molecule has 0 aliphatic heterocycles. The number of aryl methyl sites for hydroxylation is 1. The summed E-state index contributed by atoms with van der Waals surface area (Å²) in [5.74, 6) is 1.15. The summed E-state index contributed by atoms with van der Waals surface area (Å²) in [6.45, 7) is 5.29. The van der Waals surface area contributed by atoms with Crippen LogP contribution in [0.2, 0.25) is 10.0 Å². The normalized spacial score (nSPS) is 10.3. The van der Waals surface area contributed by atoms with Crippen molar-refractivity contribution >= 4 is 46.4 Å². The second-order valence-corrected chi connectivity index (χ2v) is 7.31. The number of hydrogen-bond acceptors (Lipinski definition) is 8. The number of carbonyl (C=O) groups excluding carboxylic acids is 1. The maximum absolute atomic E-state index is 11.7. The van der Waals surface area contributed by atoms with Gasteiger partial charge in [0, 0.05) is 17.8 Å². The number of halogens is 2. The summed E-state index contributed by atoms with van der Waals surface area (Å²) in [6.07, 6.45) is 5.74. The van der Waals surface area contributed by atoms with Crippen molar-refractivity contribution in [1.82, 2.24) is 15.0 Å². The third kappa shape index (κ3) is 5.63. The van der Waals surface area contributed by atoms with Crippen LogP contribution in [0.25, 0.3) is 0 Å². The predicted molar refractivity (Wildman–Crippen MR) is 127 cm³/mol. The Kier molecular flexibility index (Phi) is 7.92. The number of hydrogen-bond donors (Lipinski definition) is 2. The molecule has 3 aromatic rings. The van der Waals surface area contributed by atoms with E-state index < -0.39 is 0 Å². The fourth-order valence-electron chi connectivity index (χ4n) is 2.80. The topological polar surface area (TPSA) is 107 Å². The van der Waals surface area contributed by atoms with Gasteiger partial charge in [-0.15, -0.1) is 0 Å². The van der Waals surface area contributed by atoms with Gasteiger partial charge in [0.1, 0.15) is 18.1 Å². The third-order valence-electron chi connectivity index (χ3n) is 4.50. The molecule has 0 unspecified atom stereocenters. The van der Waals surface area contributed by atoms with E-state index in [0.717, 1.165) is 0 Å². The molecule has 11 heteroatoms. The Morgan fingerprint density at radius 3 is 2.33 bits per heavy atom. The van der Waals surface area contributed by atoms with Gasteiger partial charge in [-0.05, 0) is 19.1 Å². The largest absolute Gasteiger partial charge is 0.495 e. The standard InChI is InChI=1S/C22H21Cl2N5O4/c1-5-18(30)28-15-6-7-25-12(2)21(15)29-22-26-9-13(10-27-22)33-11-14-19(23)16(31-3)8-17(32-4)20(14)24/h5-10H,1,11H2,2-4H3,(H,25,28,30)(H,26,27,29). The van der Waals surface area contributed by atoms with Crippen LogP contribution in [-0.4, -0.2) is 35.1 Å². The quantitative estimate of drug-likeness (QED) is 0.406.